The van der Waals surface area contributed by atoms with Gasteiger partial charge in [-0.3, -0.25) is 4.79 Å². The van der Waals surface area contributed by atoms with Crippen LogP contribution in [0.4, 0.5) is 0 Å². The number of allylic oxidation sites excluding steroid dienone is 1. The average molecular weight is 259 g/mol. The van der Waals surface area contributed by atoms with Gasteiger partial charge in [0.05, 0.1) is 0 Å². The summed E-state index contributed by atoms with van der Waals surface area (Å²) in [4.78, 5) is 13.8. The number of rotatable bonds is 7. The summed E-state index contributed by atoms with van der Waals surface area (Å²) in [5.74, 6) is 0.241. The summed E-state index contributed by atoms with van der Waals surface area (Å²) in [6.45, 7) is 7.76. The average Bonchev–Trinajstić information content (AvgIpc) is 2.47. The highest BCUT2D eigenvalue weighted by Crippen LogP contribution is 2.13. The Hall–Kier alpha value is -1.57. The van der Waals surface area contributed by atoms with Crippen molar-refractivity contribution in [3.8, 4) is 0 Å². The zero-order valence-electron chi connectivity index (χ0n) is 12.4. The number of unbranched alkanes of at least 4 members (excludes halogenated alkanes) is 1. The highest BCUT2D eigenvalue weighted by Gasteiger charge is 2.09. The van der Waals surface area contributed by atoms with Gasteiger partial charge >= 0.3 is 0 Å². The number of carbonyl (C=O) groups is 1. The van der Waals surface area contributed by atoms with Crippen molar-refractivity contribution in [3.05, 3.63) is 42.0 Å². The predicted octanol–water partition coefficient (Wildman–Crippen LogP) is 4.13. The van der Waals surface area contributed by atoms with Gasteiger partial charge in [0, 0.05) is 19.5 Å². The molecule has 0 spiro atoms. The molecule has 0 saturated carbocycles. The van der Waals surface area contributed by atoms with Crippen LogP contribution in [0.3, 0.4) is 0 Å². The van der Waals surface area contributed by atoms with Crippen LogP contribution in [0.25, 0.3) is 5.57 Å². The largest absolute Gasteiger partial charge is 0.339 e. The van der Waals surface area contributed by atoms with Gasteiger partial charge in [0.1, 0.15) is 0 Å². The molecule has 1 amide bonds. The van der Waals surface area contributed by atoms with E-state index in [4.69, 9.17) is 0 Å². The Morgan fingerprint density at radius 2 is 1.89 bits per heavy atom. The van der Waals surface area contributed by atoms with Crippen LogP contribution in [0, 0.1) is 0 Å². The Morgan fingerprint density at radius 3 is 2.47 bits per heavy atom. The Labute approximate surface area is 117 Å². The summed E-state index contributed by atoms with van der Waals surface area (Å²) < 4.78 is 0. The second-order valence-electron chi connectivity index (χ2n) is 4.80. The molecule has 0 aliphatic heterocycles. The van der Waals surface area contributed by atoms with Crippen LogP contribution < -0.4 is 0 Å². The van der Waals surface area contributed by atoms with Crippen LogP contribution >= 0.6 is 0 Å². The lowest BCUT2D eigenvalue weighted by atomic mass is 10.1. The molecule has 0 radical (unpaired) electrons. The molecule has 1 aromatic carbocycles. The number of hydrogen-bond acceptors (Lipinski definition) is 1. The minimum absolute atomic E-state index is 0.241. The molecular formula is C17H25NO. The van der Waals surface area contributed by atoms with E-state index in [0.29, 0.717) is 13.0 Å². The van der Waals surface area contributed by atoms with E-state index in [1.54, 1.807) is 0 Å². The van der Waals surface area contributed by atoms with Crippen molar-refractivity contribution >= 4 is 11.5 Å². The van der Waals surface area contributed by atoms with Crippen LogP contribution in [-0.4, -0.2) is 23.9 Å². The maximum Gasteiger partial charge on any atom is 0.222 e. The highest BCUT2D eigenvalue weighted by atomic mass is 16.2. The molecule has 19 heavy (non-hydrogen) atoms. The Bertz CT molecular complexity index is 409. The summed E-state index contributed by atoms with van der Waals surface area (Å²) in [6.07, 6.45) is 4.93. The minimum Gasteiger partial charge on any atom is -0.339 e. The molecule has 1 rings (SSSR count). The molecule has 2 heteroatoms. The molecule has 0 unspecified atom stereocenters. The maximum absolute atomic E-state index is 11.9. The van der Waals surface area contributed by atoms with E-state index in [9.17, 15) is 4.79 Å². The molecule has 1 aromatic rings. The van der Waals surface area contributed by atoms with E-state index in [1.165, 1.54) is 11.1 Å². The fourth-order valence-corrected chi connectivity index (χ4v) is 1.96. The summed E-state index contributed by atoms with van der Waals surface area (Å²) >= 11 is 0. The van der Waals surface area contributed by atoms with E-state index in [0.717, 1.165) is 19.4 Å². The topological polar surface area (TPSA) is 20.3 Å². The lowest BCUT2D eigenvalue weighted by molar-refractivity contribution is -0.130. The quantitative estimate of drug-likeness (QED) is 0.721. The highest BCUT2D eigenvalue weighted by molar-refractivity contribution is 5.76. The molecule has 0 aliphatic rings. The number of hydrogen-bond donors (Lipinski definition) is 0. The number of benzene rings is 1. The Kier molecular flexibility index (Phi) is 6.94. The van der Waals surface area contributed by atoms with E-state index in [1.807, 2.05) is 30.0 Å². The lowest BCUT2D eigenvalue weighted by Crippen LogP contribution is -2.31. The molecule has 0 heterocycles. The van der Waals surface area contributed by atoms with Crippen molar-refractivity contribution in [2.24, 2.45) is 0 Å². The third-order valence-corrected chi connectivity index (χ3v) is 3.28. The fraction of sp³-hybridized carbons (Fsp3) is 0.471. The summed E-state index contributed by atoms with van der Waals surface area (Å²) in [7, 11) is 0. The second kappa shape index (κ2) is 8.52. The van der Waals surface area contributed by atoms with E-state index in [2.05, 4.69) is 32.1 Å². The Balaban J connectivity index is 2.66. The number of nitrogens with zero attached hydrogens (tertiary/aromatic N) is 1. The fourth-order valence-electron chi connectivity index (χ4n) is 1.96. The van der Waals surface area contributed by atoms with Crippen molar-refractivity contribution in [3.63, 3.8) is 0 Å². The number of amides is 1. The van der Waals surface area contributed by atoms with Crippen molar-refractivity contribution in [2.45, 2.75) is 40.0 Å². The predicted molar refractivity (Wildman–Crippen MR) is 81.9 cm³/mol. The molecule has 0 N–H and O–H groups in total. The molecule has 0 aromatic heterocycles. The van der Waals surface area contributed by atoms with Gasteiger partial charge in [0.2, 0.25) is 5.91 Å². The first-order chi connectivity index (χ1) is 9.19. The maximum atomic E-state index is 11.9. The first kappa shape index (κ1) is 15.5. The van der Waals surface area contributed by atoms with Gasteiger partial charge < -0.3 is 4.90 Å². The second-order valence-corrected chi connectivity index (χ2v) is 4.80. The van der Waals surface area contributed by atoms with Crippen molar-refractivity contribution in [1.29, 1.82) is 0 Å². The molecule has 104 valence electrons. The van der Waals surface area contributed by atoms with Crippen LogP contribution in [0.1, 0.15) is 45.6 Å². The number of carbonyl (C=O) groups excluding carboxylic acids is 1. The van der Waals surface area contributed by atoms with Crippen LogP contribution in [0.5, 0.6) is 0 Å². The first-order valence-electron chi connectivity index (χ1n) is 7.19. The Morgan fingerprint density at radius 1 is 1.21 bits per heavy atom. The third kappa shape index (κ3) is 5.29. The summed E-state index contributed by atoms with van der Waals surface area (Å²) in [5.41, 5.74) is 2.45. The van der Waals surface area contributed by atoms with Crippen LogP contribution in [0.15, 0.2) is 36.4 Å². The molecule has 2 nitrogen and oxygen atoms in total. The SMILES string of the molecule is CCCCN(C/C=C(\C)c1ccccc1)C(=O)CC. The van der Waals surface area contributed by atoms with E-state index in [-0.39, 0.29) is 5.91 Å². The van der Waals surface area contributed by atoms with Gasteiger partial charge in [-0.05, 0) is 24.5 Å². The van der Waals surface area contributed by atoms with E-state index < -0.39 is 0 Å². The van der Waals surface area contributed by atoms with Gasteiger partial charge in [-0.25, -0.2) is 0 Å². The van der Waals surface area contributed by atoms with Crippen molar-refractivity contribution < 1.29 is 4.79 Å². The molecule has 0 atom stereocenters. The lowest BCUT2D eigenvalue weighted by Gasteiger charge is -2.20. The smallest absolute Gasteiger partial charge is 0.222 e. The van der Waals surface area contributed by atoms with Gasteiger partial charge in [0.15, 0.2) is 0 Å². The molecular weight excluding hydrogens is 234 g/mol. The zero-order chi connectivity index (χ0) is 14.1. The monoisotopic (exact) mass is 259 g/mol. The standard InChI is InChI=1S/C17H25NO/c1-4-6-13-18(17(19)5-2)14-12-15(3)16-10-8-7-9-11-16/h7-12H,4-6,13-14H2,1-3H3/b15-12+. The molecule has 0 aliphatic carbocycles. The minimum atomic E-state index is 0.241. The molecule has 0 saturated heterocycles. The van der Waals surface area contributed by atoms with Gasteiger partial charge in [0.25, 0.3) is 0 Å². The first-order valence-corrected chi connectivity index (χ1v) is 7.19. The third-order valence-electron chi connectivity index (χ3n) is 3.28. The molecule has 0 bridgehead atoms. The van der Waals surface area contributed by atoms with Gasteiger partial charge in [-0.15, -0.1) is 0 Å². The molecule has 0 fully saturated rings. The normalized spacial score (nSPS) is 11.4. The zero-order valence-corrected chi connectivity index (χ0v) is 12.4. The van der Waals surface area contributed by atoms with Crippen molar-refractivity contribution in [2.75, 3.05) is 13.1 Å². The van der Waals surface area contributed by atoms with Gasteiger partial charge in [-0.1, -0.05) is 56.7 Å². The van der Waals surface area contributed by atoms with E-state index >= 15 is 0 Å². The summed E-state index contributed by atoms with van der Waals surface area (Å²) in [5, 5.41) is 0. The van der Waals surface area contributed by atoms with Crippen LogP contribution in [-0.2, 0) is 4.79 Å². The summed E-state index contributed by atoms with van der Waals surface area (Å²) in [6, 6.07) is 10.3. The van der Waals surface area contributed by atoms with Gasteiger partial charge in [-0.2, -0.15) is 0 Å². The van der Waals surface area contributed by atoms with Crippen molar-refractivity contribution in [1.82, 2.24) is 4.90 Å². The van der Waals surface area contributed by atoms with Crippen LogP contribution in [0.2, 0.25) is 0 Å².